The van der Waals surface area contributed by atoms with E-state index in [0.29, 0.717) is 6.20 Å². The first kappa shape index (κ1) is 20.2. The van der Waals surface area contributed by atoms with E-state index in [-0.39, 0.29) is 18.6 Å². The van der Waals surface area contributed by atoms with Crippen molar-refractivity contribution in [1.82, 2.24) is 4.98 Å². The Morgan fingerprint density at radius 3 is 2.35 bits per heavy atom. The molecule has 0 amide bonds. The molecule has 2 rings (SSSR count). The number of pyridine rings is 1. The Bertz CT molecular complexity index is 866. The molecule has 9 heteroatoms. The Balaban J connectivity index is 2.74. The number of halogens is 3. The van der Waals surface area contributed by atoms with Gasteiger partial charge in [-0.3, -0.25) is 0 Å². The van der Waals surface area contributed by atoms with Crippen LogP contribution in [0.25, 0.3) is 11.1 Å². The third-order valence-corrected chi connectivity index (χ3v) is 4.63. The second-order valence-electron chi connectivity index (χ2n) is 5.80. The molecule has 142 valence electrons. The lowest BCUT2D eigenvalue weighted by Crippen LogP contribution is -2.15. The number of nitrogens with zero attached hydrogens (tertiary/aromatic N) is 1. The highest BCUT2D eigenvalue weighted by molar-refractivity contribution is 7.91. The van der Waals surface area contributed by atoms with E-state index in [1.807, 2.05) is 0 Å². The van der Waals surface area contributed by atoms with Crippen molar-refractivity contribution < 1.29 is 31.4 Å². The van der Waals surface area contributed by atoms with E-state index >= 15 is 0 Å². The van der Waals surface area contributed by atoms with E-state index in [1.165, 1.54) is 31.2 Å². The number of rotatable bonds is 6. The van der Waals surface area contributed by atoms with Gasteiger partial charge in [0.25, 0.3) is 0 Å². The molecule has 0 aliphatic carbocycles. The minimum atomic E-state index is -4.80. The molecular weight excluding hydrogens is 371 g/mol. The number of ether oxygens (including phenoxy) is 1. The number of aliphatic hydroxyl groups is 1. The largest absolute Gasteiger partial charge is 0.477 e. The van der Waals surface area contributed by atoms with Crippen molar-refractivity contribution in [3.8, 4) is 17.0 Å². The maximum absolute atomic E-state index is 13.5. The second kappa shape index (κ2) is 7.63. The van der Waals surface area contributed by atoms with Gasteiger partial charge < -0.3 is 9.84 Å². The first-order chi connectivity index (χ1) is 12.0. The summed E-state index contributed by atoms with van der Waals surface area (Å²) in [6, 6.07) is 7.40. The predicted octanol–water partition coefficient (Wildman–Crippen LogP) is 3.32. The molecule has 0 saturated heterocycles. The molecule has 0 unspecified atom stereocenters. The van der Waals surface area contributed by atoms with Crippen molar-refractivity contribution in [1.29, 1.82) is 0 Å². The maximum atomic E-state index is 13.5. The fourth-order valence-electron chi connectivity index (χ4n) is 2.35. The molecule has 0 fully saturated rings. The summed E-state index contributed by atoms with van der Waals surface area (Å²) in [6.45, 7) is 1.42. The molecular formula is C17H18F3NO4S. The molecule has 0 aliphatic heterocycles. The number of aromatic nitrogens is 1. The van der Waals surface area contributed by atoms with Gasteiger partial charge in [-0.15, -0.1) is 0 Å². The molecule has 1 aromatic heterocycles. The molecule has 0 aliphatic rings. The molecule has 0 spiro atoms. The van der Waals surface area contributed by atoms with Crippen LogP contribution in [0.1, 0.15) is 18.9 Å². The molecule has 2 aromatic rings. The van der Waals surface area contributed by atoms with Crippen LogP contribution in [0.3, 0.4) is 0 Å². The zero-order chi connectivity index (χ0) is 19.5. The van der Waals surface area contributed by atoms with Crippen molar-refractivity contribution >= 4 is 9.84 Å². The Morgan fingerprint density at radius 1 is 1.23 bits per heavy atom. The molecule has 1 atom stereocenters. The fraction of sp³-hybridized carbons (Fsp3) is 0.353. The minimum Gasteiger partial charge on any atom is -0.477 e. The van der Waals surface area contributed by atoms with Gasteiger partial charge in [0.15, 0.2) is 9.84 Å². The van der Waals surface area contributed by atoms with Crippen LogP contribution in [0, 0.1) is 0 Å². The van der Waals surface area contributed by atoms with Crippen molar-refractivity contribution in [3.63, 3.8) is 0 Å². The van der Waals surface area contributed by atoms with Gasteiger partial charge >= 0.3 is 6.18 Å². The van der Waals surface area contributed by atoms with Crippen LogP contribution in [0.15, 0.2) is 41.4 Å². The predicted molar refractivity (Wildman–Crippen MR) is 89.6 cm³/mol. The highest BCUT2D eigenvalue weighted by Crippen LogP contribution is 2.43. The lowest BCUT2D eigenvalue weighted by atomic mass is 10.0. The molecule has 26 heavy (non-hydrogen) atoms. The molecule has 1 aromatic carbocycles. The van der Waals surface area contributed by atoms with Crippen molar-refractivity contribution in [2.45, 2.75) is 30.5 Å². The van der Waals surface area contributed by atoms with Crippen LogP contribution in [0.4, 0.5) is 13.2 Å². The summed E-state index contributed by atoms with van der Waals surface area (Å²) in [5.74, 6) is -0.417. The van der Waals surface area contributed by atoms with E-state index in [2.05, 4.69) is 4.98 Å². The van der Waals surface area contributed by atoms with Gasteiger partial charge in [-0.1, -0.05) is 30.3 Å². The van der Waals surface area contributed by atoms with Crippen LogP contribution in [0.2, 0.25) is 0 Å². The van der Waals surface area contributed by atoms with E-state index in [0.717, 1.165) is 6.26 Å². The maximum Gasteiger partial charge on any atom is 0.418 e. The monoisotopic (exact) mass is 389 g/mol. The standard InChI is InChI=1S/C17H18F3NO4S/c1-11(22)8-9-25-16-15(26(2,23)24)14(12-6-4-3-5-7-12)13(10-21-16)17(18,19)20/h3-7,10-11,22H,8-9H2,1-2H3/t11-/m1/s1. The van der Waals surface area contributed by atoms with Crippen LogP contribution in [-0.4, -0.2) is 37.5 Å². The Hall–Kier alpha value is -2.13. The Morgan fingerprint density at radius 2 is 1.85 bits per heavy atom. The highest BCUT2D eigenvalue weighted by Gasteiger charge is 2.38. The van der Waals surface area contributed by atoms with Gasteiger partial charge in [0.1, 0.15) is 4.90 Å². The number of aliphatic hydroxyl groups excluding tert-OH is 1. The smallest absolute Gasteiger partial charge is 0.418 e. The fourth-order valence-corrected chi connectivity index (χ4v) is 3.38. The molecule has 1 heterocycles. The van der Waals surface area contributed by atoms with Gasteiger partial charge in [0.05, 0.1) is 18.3 Å². The number of hydrogen-bond donors (Lipinski definition) is 1. The van der Waals surface area contributed by atoms with Crippen LogP contribution in [-0.2, 0) is 16.0 Å². The third-order valence-electron chi connectivity index (χ3n) is 3.51. The molecule has 0 bridgehead atoms. The quantitative estimate of drug-likeness (QED) is 0.820. The van der Waals surface area contributed by atoms with E-state index in [9.17, 15) is 26.7 Å². The molecule has 1 N–H and O–H groups in total. The summed E-state index contributed by atoms with van der Waals surface area (Å²) < 4.78 is 70.3. The molecule has 5 nitrogen and oxygen atoms in total. The van der Waals surface area contributed by atoms with Gasteiger partial charge in [0.2, 0.25) is 5.88 Å². The summed E-state index contributed by atoms with van der Waals surface area (Å²) in [7, 11) is -4.10. The normalized spacial score (nSPS) is 13.5. The van der Waals surface area contributed by atoms with Gasteiger partial charge in [-0.2, -0.15) is 13.2 Å². The van der Waals surface area contributed by atoms with Crippen molar-refractivity contribution in [2.24, 2.45) is 0 Å². The minimum absolute atomic E-state index is 0.0861. The number of benzene rings is 1. The first-order valence-electron chi connectivity index (χ1n) is 7.68. The first-order valence-corrected chi connectivity index (χ1v) is 9.57. The zero-order valence-electron chi connectivity index (χ0n) is 14.1. The number of sulfone groups is 1. The van der Waals surface area contributed by atoms with Crippen LogP contribution >= 0.6 is 0 Å². The average Bonchev–Trinajstić information content (AvgIpc) is 2.52. The Kier molecular flexibility index (Phi) is 5.92. The summed E-state index contributed by atoms with van der Waals surface area (Å²) in [4.78, 5) is 2.97. The second-order valence-corrected chi connectivity index (χ2v) is 7.76. The zero-order valence-corrected chi connectivity index (χ0v) is 14.9. The summed E-state index contributed by atoms with van der Waals surface area (Å²) in [6.07, 6.45) is -3.96. The topological polar surface area (TPSA) is 76.5 Å². The van der Waals surface area contributed by atoms with E-state index < -0.39 is 44.0 Å². The van der Waals surface area contributed by atoms with E-state index in [1.54, 1.807) is 6.07 Å². The van der Waals surface area contributed by atoms with Crippen LogP contribution < -0.4 is 4.74 Å². The lowest BCUT2D eigenvalue weighted by molar-refractivity contribution is -0.137. The summed E-state index contributed by atoms with van der Waals surface area (Å²) >= 11 is 0. The van der Waals surface area contributed by atoms with Crippen molar-refractivity contribution in [3.05, 3.63) is 42.1 Å². The number of hydrogen-bond acceptors (Lipinski definition) is 5. The van der Waals surface area contributed by atoms with Crippen LogP contribution in [0.5, 0.6) is 5.88 Å². The third kappa shape index (κ3) is 4.73. The molecule has 0 radical (unpaired) electrons. The van der Waals surface area contributed by atoms with Gasteiger partial charge in [-0.25, -0.2) is 13.4 Å². The highest BCUT2D eigenvalue weighted by atomic mass is 32.2. The average molecular weight is 389 g/mol. The molecule has 0 saturated carbocycles. The lowest BCUT2D eigenvalue weighted by Gasteiger charge is -2.19. The van der Waals surface area contributed by atoms with Gasteiger partial charge in [0, 0.05) is 24.4 Å². The number of alkyl halides is 3. The summed E-state index contributed by atoms with van der Waals surface area (Å²) in [5, 5.41) is 9.28. The van der Waals surface area contributed by atoms with E-state index in [4.69, 9.17) is 4.74 Å². The van der Waals surface area contributed by atoms with Gasteiger partial charge in [-0.05, 0) is 12.5 Å². The van der Waals surface area contributed by atoms with Crippen molar-refractivity contribution in [2.75, 3.05) is 12.9 Å². The Labute approximate surface area is 149 Å². The summed E-state index contributed by atoms with van der Waals surface area (Å²) in [5.41, 5.74) is -1.57. The SMILES string of the molecule is C[C@@H](O)CCOc1ncc(C(F)(F)F)c(-c2ccccc2)c1S(C)(=O)=O.